The van der Waals surface area contributed by atoms with Crippen LogP contribution in [0.5, 0.6) is 0 Å². The second kappa shape index (κ2) is 6.80. The van der Waals surface area contributed by atoms with Crippen molar-refractivity contribution in [3.8, 4) is 0 Å². The summed E-state index contributed by atoms with van der Waals surface area (Å²) in [5.41, 5.74) is 3.02. The van der Waals surface area contributed by atoms with Crippen LogP contribution in [0.2, 0.25) is 5.02 Å². The number of H-pyrrole nitrogens is 1. The van der Waals surface area contributed by atoms with Gasteiger partial charge in [0.2, 0.25) is 11.8 Å². The van der Waals surface area contributed by atoms with Gasteiger partial charge in [0.15, 0.2) is 5.82 Å². The van der Waals surface area contributed by atoms with Gasteiger partial charge in [-0.1, -0.05) is 35.0 Å². The van der Waals surface area contributed by atoms with E-state index in [1.54, 1.807) is 17.0 Å². The Morgan fingerprint density at radius 1 is 1.18 bits per heavy atom. The lowest BCUT2D eigenvalue weighted by molar-refractivity contribution is -0.117. The van der Waals surface area contributed by atoms with Gasteiger partial charge in [-0.25, -0.2) is 0 Å². The molecule has 28 heavy (non-hydrogen) atoms. The minimum Gasteiger partial charge on any atom is -0.361 e. The summed E-state index contributed by atoms with van der Waals surface area (Å²) >= 11 is 5.94. The van der Waals surface area contributed by atoms with Crippen LogP contribution in [0, 0.1) is 0 Å². The molecule has 1 saturated heterocycles. The number of carbonyl (C=O) groups is 1. The summed E-state index contributed by atoms with van der Waals surface area (Å²) in [6, 6.07) is 15.4. The van der Waals surface area contributed by atoms with Crippen LogP contribution in [-0.4, -0.2) is 27.6 Å². The van der Waals surface area contributed by atoms with Crippen LogP contribution in [0.4, 0.5) is 5.69 Å². The number of benzene rings is 2. The van der Waals surface area contributed by atoms with Crippen molar-refractivity contribution < 1.29 is 9.32 Å². The maximum absolute atomic E-state index is 12.5. The summed E-state index contributed by atoms with van der Waals surface area (Å²) in [6.07, 6.45) is 2.89. The molecule has 0 radical (unpaired) electrons. The first-order valence-electron chi connectivity index (χ1n) is 9.11. The summed E-state index contributed by atoms with van der Waals surface area (Å²) in [7, 11) is 0. The number of amides is 1. The van der Waals surface area contributed by atoms with Crippen molar-refractivity contribution in [2.45, 2.75) is 18.8 Å². The molecule has 6 nitrogen and oxygen atoms in total. The number of fused-ring (bicyclic) bond motifs is 1. The number of nitrogens with zero attached hydrogens (tertiary/aromatic N) is 3. The molecule has 1 unspecified atom stereocenters. The molecule has 140 valence electrons. The van der Waals surface area contributed by atoms with E-state index < -0.39 is 0 Å². The fourth-order valence-corrected chi connectivity index (χ4v) is 3.82. The first kappa shape index (κ1) is 17.0. The van der Waals surface area contributed by atoms with Crippen LogP contribution in [0.25, 0.3) is 10.9 Å². The smallest absolute Gasteiger partial charge is 0.231 e. The molecule has 5 rings (SSSR count). The van der Waals surface area contributed by atoms with Gasteiger partial charge in [0.1, 0.15) is 0 Å². The van der Waals surface area contributed by atoms with Gasteiger partial charge in [-0.2, -0.15) is 4.98 Å². The molecule has 7 heteroatoms. The fraction of sp³-hybridized carbons (Fsp3) is 0.190. The Morgan fingerprint density at radius 2 is 2.00 bits per heavy atom. The van der Waals surface area contributed by atoms with Crippen LogP contribution in [0.1, 0.15) is 29.6 Å². The quantitative estimate of drug-likeness (QED) is 0.561. The average molecular weight is 393 g/mol. The fourth-order valence-electron chi connectivity index (χ4n) is 3.70. The lowest BCUT2D eigenvalue weighted by atomic mass is 10.1. The third-order valence-electron chi connectivity index (χ3n) is 5.13. The van der Waals surface area contributed by atoms with Gasteiger partial charge in [0, 0.05) is 46.7 Å². The highest BCUT2D eigenvalue weighted by atomic mass is 35.5. The number of rotatable bonds is 4. The number of anilines is 1. The molecule has 2 aromatic carbocycles. The van der Waals surface area contributed by atoms with E-state index >= 15 is 0 Å². The first-order valence-corrected chi connectivity index (χ1v) is 9.48. The molecule has 0 saturated carbocycles. The van der Waals surface area contributed by atoms with E-state index in [0.717, 1.165) is 22.2 Å². The van der Waals surface area contributed by atoms with E-state index in [-0.39, 0.29) is 11.8 Å². The molecular weight excluding hydrogens is 376 g/mol. The standard InChI is InChI=1S/C21H17ClN4O2/c22-15-5-7-16(8-6-15)26-12-14(10-20(26)27)21-24-19(28-25-21)9-13-11-23-18-4-2-1-3-17(13)18/h1-8,11,14,23H,9-10,12H2. The molecule has 2 aromatic heterocycles. The second-order valence-corrected chi connectivity index (χ2v) is 7.40. The molecule has 1 fully saturated rings. The molecule has 0 bridgehead atoms. The molecular formula is C21H17ClN4O2. The van der Waals surface area contributed by atoms with E-state index in [9.17, 15) is 4.79 Å². The van der Waals surface area contributed by atoms with Gasteiger partial charge < -0.3 is 14.4 Å². The minimum atomic E-state index is -0.0800. The Morgan fingerprint density at radius 3 is 2.86 bits per heavy atom. The van der Waals surface area contributed by atoms with E-state index in [2.05, 4.69) is 21.2 Å². The van der Waals surface area contributed by atoms with Gasteiger partial charge in [0.05, 0.1) is 6.42 Å². The highest BCUT2D eigenvalue weighted by Gasteiger charge is 2.34. The van der Waals surface area contributed by atoms with Crippen LogP contribution in [0.15, 0.2) is 59.3 Å². The first-order chi connectivity index (χ1) is 13.7. The third kappa shape index (κ3) is 3.05. The number of para-hydroxylation sites is 1. The Hall–Kier alpha value is -3.12. The number of aromatic nitrogens is 3. The average Bonchev–Trinajstić information content (AvgIpc) is 3.42. The van der Waals surface area contributed by atoms with Crippen molar-refractivity contribution in [1.29, 1.82) is 0 Å². The largest absolute Gasteiger partial charge is 0.361 e. The molecule has 3 heterocycles. The highest BCUT2D eigenvalue weighted by molar-refractivity contribution is 6.30. The third-order valence-corrected chi connectivity index (χ3v) is 5.38. The lowest BCUT2D eigenvalue weighted by Gasteiger charge is -2.16. The van der Waals surface area contributed by atoms with Crippen LogP contribution in [0.3, 0.4) is 0 Å². The maximum atomic E-state index is 12.5. The van der Waals surface area contributed by atoms with E-state index in [1.165, 1.54) is 0 Å². The van der Waals surface area contributed by atoms with Crippen molar-refractivity contribution in [3.05, 3.63) is 77.0 Å². The van der Waals surface area contributed by atoms with Crippen LogP contribution >= 0.6 is 11.6 Å². The molecule has 1 amide bonds. The van der Waals surface area contributed by atoms with E-state index in [0.29, 0.717) is 36.1 Å². The second-order valence-electron chi connectivity index (χ2n) is 6.96. The molecule has 1 aliphatic heterocycles. The van der Waals surface area contributed by atoms with Gasteiger partial charge in [-0.3, -0.25) is 4.79 Å². The van der Waals surface area contributed by atoms with E-state index in [4.69, 9.17) is 16.1 Å². The van der Waals surface area contributed by atoms with Crippen molar-refractivity contribution >= 4 is 34.1 Å². The summed E-state index contributed by atoms with van der Waals surface area (Å²) in [5, 5.41) is 5.93. The van der Waals surface area contributed by atoms with Crippen molar-refractivity contribution in [2.75, 3.05) is 11.4 Å². The minimum absolute atomic E-state index is 0.0512. The number of hydrogen-bond acceptors (Lipinski definition) is 4. The Balaban J connectivity index is 1.33. The number of carbonyl (C=O) groups excluding carboxylic acids is 1. The monoisotopic (exact) mass is 392 g/mol. The number of hydrogen-bond donors (Lipinski definition) is 1. The number of halogens is 1. The number of aromatic amines is 1. The van der Waals surface area contributed by atoms with E-state index in [1.807, 2.05) is 36.5 Å². The van der Waals surface area contributed by atoms with Gasteiger partial charge in [-0.15, -0.1) is 0 Å². The van der Waals surface area contributed by atoms with Crippen molar-refractivity contribution in [1.82, 2.24) is 15.1 Å². The van der Waals surface area contributed by atoms with Gasteiger partial charge in [0.25, 0.3) is 0 Å². The Kier molecular flexibility index (Phi) is 4.13. The lowest BCUT2D eigenvalue weighted by Crippen LogP contribution is -2.24. The molecule has 0 spiro atoms. The highest BCUT2D eigenvalue weighted by Crippen LogP contribution is 2.31. The maximum Gasteiger partial charge on any atom is 0.231 e. The van der Waals surface area contributed by atoms with Crippen LogP contribution < -0.4 is 4.90 Å². The Bertz CT molecular complexity index is 1150. The topological polar surface area (TPSA) is 75.0 Å². The zero-order chi connectivity index (χ0) is 19.1. The van der Waals surface area contributed by atoms with Crippen LogP contribution in [-0.2, 0) is 11.2 Å². The predicted octanol–water partition coefficient (Wildman–Crippen LogP) is 4.32. The normalized spacial score (nSPS) is 17.0. The zero-order valence-corrected chi connectivity index (χ0v) is 15.7. The van der Waals surface area contributed by atoms with Gasteiger partial charge >= 0.3 is 0 Å². The molecule has 4 aromatic rings. The summed E-state index contributed by atoms with van der Waals surface area (Å²) in [5.74, 6) is 1.11. The molecule has 1 N–H and O–H groups in total. The SMILES string of the molecule is O=C1CC(c2noc(Cc3c[nH]c4ccccc34)n2)CN1c1ccc(Cl)cc1. The summed E-state index contributed by atoms with van der Waals surface area (Å²) in [6.45, 7) is 0.534. The van der Waals surface area contributed by atoms with Crippen molar-refractivity contribution in [2.24, 2.45) is 0 Å². The summed E-state index contributed by atoms with van der Waals surface area (Å²) < 4.78 is 5.47. The van der Waals surface area contributed by atoms with Gasteiger partial charge in [-0.05, 0) is 35.9 Å². The Labute approximate surface area is 166 Å². The predicted molar refractivity (Wildman–Crippen MR) is 107 cm³/mol. The number of nitrogens with one attached hydrogen (secondary N) is 1. The summed E-state index contributed by atoms with van der Waals surface area (Å²) in [4.78, 5) is 22.0. The molecule has 1 aliphatic rings. The van der Waals surface area contributed by atoms with Crippen molar-refractivity contribution in [3.63, 3.8) is 0 Å². The molecule has 1 atom stereocenters. The zero-order valence-electron chi connectivity index (χ0n) is 14.9. The molecule has 0 aliphatic carbocycles.